The van der Waals surface area contributed by atoms with Crippen molar-refractivity contribution in [1.82, 2.24) is 10.6 Å². The quantitative estimate of drug-likeness (QED) is 0.273. The second-order valence-corrected chi connectivity index (χ2v) is 8.44. The van der Waals surface area contributed by atoms with E-state index in [9.17, 15) is 14.4 Å². The molecule has 1 aliphatic rings. The number of rotatable bonds is 8. The molecule has 0 saturated carbocycles. The monoisotopic (exact) mass is 568 g/mol. The van der Waals surface area contributed by atoms with E-state index in [0.717, 1.165) is 5.69 Å². The third-order valence-corrected chi connectivity index (χ3v) is 5.34. The van der Waals surface area contributed by atoms with Crippen molar-refractivity contribution in [2.45, 2.75) is 46.5 Å². The fourth-order valence-corrected chi connectivity index (χ4v) is 3.12. The Morgan fingerprint density at radius 2 is 1.83 bits per heavy atom. The smallest absolute Gasteiger partial charge is 0.225 e. The van der Waals surface area contributed by atoms with Crippen molar-refractivity contribution < 1.29 is 14.4 Å². The van der Waals surface area contributed by atoms with Gasteiger partial charge in [0.15, 0.2) is 3.79 Å². The largest absolute Gasteiger partial charge is 0.356 e. The van der Waals surface area contributed by atoms with Gasteiger partial charge in [0.05, 0.1) is 22.3 Å². The first-order chi connectivity index (χ1) is 14.3. The van der Waals surface area contributed by atoms with Crippen molar-refractivity contribution in [2.24, 2.45) is 11.0 Å². The highest BCUT2D eigenvalue weighted by Crippen LogP contribution is 2.29. The summed E-state index contributed by atoms with van der Waals surface area (Å²) in [4.78, 5) is 34.5. The molecule has 0 radical (unpaired) electrons. The van der Waals surface area contributed by atoms with Crippen LogP contribution in [0.15, 0.2) is 23.3 Å². The van der Waals surface area contributed by atoms with Crippen molar-refractivity contribution in [1.29, 1.82) is 0 Å². The normalized spacial score (nSPS) is 15.1. The maximum Gasteiger partial charge on any atom is 0.225 e. The van der Waals surface area contributed by atoms with Gasteiger partial charge in [-0.05, 0) is 47.2 Å². The summed E-state index contributed by atoms with van der Waals surface area (Å²) in [6, 6.07) is 5.27. The first-order valence-corrected chi connectivity index (χ1v) is 11.7. The molecular weight excluding hydrogens is 542 g/mol. The summed E-state index contributed by atoms with van der Waals surface area (Å²) in [6.45, 7) is 6.99. The molecule has 166 valence electrons. The van der Waals surface area contributed by atoms with Crippen molar-refractivity contribution in [3.63, 3.8) is 0 Å². The van der Waals surface area contributed by atoms with Crippen LogP contribution in [0.5, 0.6) is 0 Å². The average Bonchev–Trinajstić information content (AvgIpc) is 3.07. The molecule has 1 unspecified atom stereocenters. The van der Waals surface area contributed by atoms with Crippen molar-refractivity contribution in [2.75, 3.05) is 18.1 Å². The fraction of sp³-hybridized carbons (Fsp3) is 0.500. The molecule has 1 heterocycles. The van der Waals surface area contributed by atoms with Crippen LogP contribution in [-0.2, 0) is 14.4 Å². The number of amidine groups is 1. The first kappa shape index (κ1) is 26.6. The molecule has 0 spiro atoms. The van der Waals surface area contributed by atoms with Crippen molar-refractivity contribution in [3.8, 4) is 0 Å². The first-order valence-electron chi connectivity index (χ1n) is 9.82. The lowest BCUT2D eigenvalue weighted by atomic mass is 10.1. The summed E-state index contributed by atoms with van der Waals surface area (Å²) in [5.74, 6) is 0.319. The van der Waals surface area contributed by atoms with Gasteiger partial charge in [0, 0.05) is 31.7 Å². The van der Waals surface area contributed by atoms with Gasteiger partial charge in [0.25, 0.3) is 0 Å². The molecule has 7 nitrogen and oxygen atoms in total. The minimum absolute atomic E-state index is 0.0477. The highest BCUT2D eigenvalue weighted by molar-refractivity contribution is 14.1. The summed E-state index contributed by atoms with van der Waals surface area (Å²) >= 11 is 13.7. The highest BCUT2D eigenvalue weighted by Gasteiger charge is 2.25. The second-order valence-electron chi connectivity index (χ2n) is 6.42. The van der Waals surface area contributed by atoms with E-state index in [0.29, 0.717) is 35.4 Å². The molecule has 0 aromatic heterocycles. The lowest BCUT2D eigenvalue weighted by Crippen LogP contribution is -2.34. The Labute approximate surface area is 201 Å². The maximum atomic E-state index is 12.1. The number of carbonyl (C=O) groups excluding carboxylic acids is 3. The zero-order valence-electron chi connectivity index (χ0n) is 17.3. The van der Waals surface area contributed by atoms with E-state index in [1.54, 1.807) is 39.7 Å². The van der Waals surface area contributed by atoms with Gasteiger partial charge >= 0.3 is 0 Å². The van der Waals surface area contributed by atoms with Crippen LogP contribution in [0.2, 0.25) is 10.0 Å². The van der Waals surface area contributed by atoms with Crippen LogP contribution in [0.25, 0.3) is 0 Å². The van der Waals surface area contributed by atoms with Gasteiger partial charge in [-0.25, -0.2) is 0 Å². The molecule has 0 saturated heterocycles. The van der Waals surface area contributed by atoms with Gasteiger partial charge in [-0.2, -0.15) is 5.10 Å². The van der Waals surface area contributed by atoms with Gasteiger partial charge in [-0.3, -0.25) is 19.4 Å². The van der Waals surface area contributed by atoms with E-state index < -0.39 is 0 Å². The number of hydrazone groups is 1. The summed E-state index contributed by atoms with van der Waals surface area (Å²) in [5.41, 5.74) is 0.804. The molecule has 1 aromatic rings. The average molecular weight is 569 g/mol. The second kappa shape index (κ2) is 13.8. The van der Waals surface area contributed by atoms with E-state index in [1.807, 2.05) is 26.8 Å². The van der Waals surface area contributed by atoms with E-state index in [2.05, 4.69) is 15.7 Å². The summed E-state index contributed by atoms with van der Waals surface area (Å²) < 4.78 is -0.0477. The molecule has 30 heavy (non-hydrogen) atoms. The van der Waals surface area contributed by atoms with Crippen LogP contribution in [0, 0.1) is 5.92 Å². The Morgan fingerprint density at radius 3 is 2.47 bits per heavy atom. The molecule has 1 atom stereocenters. The van der Waals surface area contributed by atoms with Crippen LogP contribution in [0.1, 0.15) is 46.5 Å². The van der Waals surface area contributed by atoms with Crippen molar-refractivity contribution in [3.05, 3.63) is 28.2 Å². The number of benzene rings is 1. The van der Waals surface area contributed by atoms with Crippen LogP contribution >= 0.6 is 45.8 Å². The molecule has 1 aromatic carbocycles. The van der Waals surface area contributed by atoms with E-state index >= 15 is 0 Å². The summed E-state index contributed by atoms with van der Waals surface area (Å²) in [7, 11) is 0. The Morgan fingerprint density at radius 1 is 1.13 bits per heavy atom. The van der Waals surface area contributed by atoms with Crippen molar-refractivity contribution >= 4 is 72.9 Å². The molecule has 2 amide bonds. The zero-order valence-corrected chi connectivity index (χ0v) is 21.0. The molecule has 0 fully saturated rings. The Kier molecular flexibility index (Phi) is 12.3. The predicted molar refractivity (Wildman–Crippen MR) is 130 cm³/mol. The number of nitrogens with one attached hydrogen (secondary N) is 2. The molecule has 0 aliphatic carbocycles. The standard InChI is InChI=1S/C18H21Cl2IN4O3.C2H6/c1-11-10-25(12-4-5-13(19)14(20)9-12)24-18(11)23-17(28)3-2-8-22-16(27)7-6-15(21)26;1-2/h4-5,9,11H,2-3,6-8,10H2,1H3,(H,22,27)(H,23,24,28);1-2H3. The number of hydrogen-bond donors (Lipinski definition) is 2. The van der Waals surface area contributed by atoms with Crippen LogP contribution < -0.4 is 15.6 Å². The number of hydrogen-bond acceptors (Lipinski definition) is 5. The van der Waals surface area contributed by atoms with Gasteiger partial charge in [-0.1, -0.05) is 44.0 Å². The molecule has 0 bridgehead atoms. The highest BCUT2D eigenvalue weighted by atomic mass is 127. The third-order valence-electron chi connectivity index (χ3n) is 4.06. The lowest BCUT2D eigenvalue weighted by Gasteiger charge is -2.14. The molecule has 10 heteroatoms. The number of amides is 2. The van der Waals surface area contributed by atoms with Gasteiger partial charge in [0.1, 0.15) is 5.84 Å². The van der Waals surface area contributed by atoms with E-state index in [4.69, 9.17) is 23.2 Å². The predicted octanol–water partition coefficient (Wildman–Crippen LogP) is 4.54. The molecular formula is C20H27Cl2IN4O3. The summed E-state index contributed by atoms with van der Waals surface area (Å²) in [5, 5.41) is 12.7. The zero-order chi connectivity index (χ0) is 22.7. The maximum absolute atomic E-state index is 12.1. The summed E-state index contributed by atoms with van der Waals surface area (Å²) in [6.07, 6.45) is 1.17. The minimum atomic E-state index is -0.184. The Bertz CT molecular complexity index is 789. The molecule has 1 aliphatic heterocycles. The van der Waals surface area contributed by atoms with E-state index in [1.165, 1.54) is 0 Å². The van der Waals surface area contributed by atoms with Gasteiger partial charge in [-0.15, -0.1) is 0 Å². The Hall–Kier alpha value is -1.39. The van der Waals surface area contributed by atoms with Crippen LogP contribution in [-0.4, -0.2) is 34.5 Å². The number of anilines is 1. The Balaban J connectivity index is 0.00000218. The molecule has 2 rings (SSSR count). The third kappa shape index (κ3) is 9.18. The topological polar surface area (TPSA) is 90.9 Å². The lowest BCUT2D eigenvalue weighted by molar-refractivity contribution is -0.123. The number of halogens is 3. The molecule has 2 N–H and O–H groups in total. The van der Waals surface area contributed by atoms with Crippen LogP contribution in [0.3, 0.4) is 0 Å². The number of nitrogens with zero attached hydrogens (tertiary/aromatic N) is 2. The van der Waals surface area contributed by atoms with E-state index in [-0.39, 0.29) is 40.8 Å². The minimum Gasteiger partial charge on any atom is -0.356 e. The fourth-order valence-electron chi connectivity index (χ4n) is 2.55. The number of carbonyl (C=O) groups is 3. The van der Waals surface area contributed by atoms with Gasteiger partial charge < -0.3 is 10.6 Å². The van der Waals surface area contributed by atoms with Crippen LogP contribution in [0.4, 0.5) is 5.69 Å². The SMILES string of the molecule is CC.CC1CN(c2ccc(Cl)c(Cl)c2)N=C1NC(=O)CCCNC(=O)CCC(=O)I. The van der Waals surface area contributed by atoms with Gasteiger partial charge in [0.2, 0.25) is 11.8 Å².